The maximum absolute atomic E-state index is 11.8. The van der Waals surface area contributed by atoms with Gasteiger partial charge in [0.25, 0.3) is 0 Å². The van der Waals surface area contributed by atoms with Gasteiger partial charge in [0.1, 0.15) is 0 Å². The van der Waals surface area contributed by atoms with Gasteiger partial charge in [0.05, 0.1) is 4.83 Å². The van der Waals surface area contributed by atoms with Gasteiger partial charge in [-0.1, -0.05) is 41.1 Å². The van der Waals surface area contributed by atoms with E-state index in [1.807, 2.05) is 45.3 Å². The van der Waals surface area contributed by atoms with Crippen molar-refractivity contribution < 1.29 is 4.79 Å². The molecule has 3 nitrogen and oxygen atoms in total. The second-order valence-electron chi connectivity index (χ2n) is 4.26. The average Bonchev–Trinajstić information content (AvgIpc) is 2.29. The second kappa shape index (κ2) is 6.77. The molecule has 1 atom stereocenters. The van der Waals surface area contributed by atoms with Gasteiger partial charge in [-0.25, -0.2) is 0 Å². The summed E-state index contributed by atoms with van der Waals surface area (Å²) in [7, 11) is 4.02. The van der Waals surface area contributed by atoms with Crippen LogP contribution in [0.4, 0.5) is 5.69 Å². The lowest BCUT2D eigenvalue weighted by Crippen LogP contribution is -2.23. The van der Waals surface area contributed by atoms with Crippen LogP contribution < -0.4 is 5.32 Å². The number of rotatable bonds is 5. The first-order chi connectivity index (χ1) is 8.04. The van der Waals surface area contributed by atoms with E-state index in [-0.39, 0.29) is 10.7 Å². The highest BCUT2D eigenvalue weighted by Gasteiger charge is 2.13. The maximum Gasteiger partial charge on any atom is 0.238 e. The van der Waals surface area contributed by atoms with Crippen LogP contribution in [0.25, 0.3) is 0 Å². The van der Waals surface area contributed by atoms with Crippen LogP contribution in [0.5, 0.6) is 0 Å². The molecule has 0 aliphatic rings. The lowest BCUT2D eigenvalue weighted by Gasteiger charge is -2.16. The van der Waals surface area contributed by atoms with E-state index >= 15 is 0 Å². The number of amides is 1. The number of benzene rings is 1. The Morgan fingerprint density at radius 1 is 1.41 bits per heavy atom. The molecule has 1 aromatic carbocycles. The molecule has 94 valence electrons. The molecule has 0 fully saturated rings. The van der Waals surface area contributed by atoms with Crippen molar-refractivity contribution in [3.8, 4) is 0 Å². The van der Waals surface area contributed by atoms with Gasteiger partial charge in [-0.05, 0) is 32.1 Å². The first-order valence-electron chi connectivity index (χ1n) is 5.72. The number of anilines is 1. The molecule has 1 amide bonds. The lowest BCUT2D eigenvalue weighted by molar-refractivity contribution is -0.115. The number of alkyl halides is 1. The Hall–Kier alpha value is -0.870. The smallest absolute Gasteiger partial charge is 0.238 e. The van der Waals surface area contributed by atoms with Gasteiger partial charge in [-0.3, -0.25) is 4.79 Å². The fourth-order valence-corrected chi connectivity index (χ4v) is 1.63. The third kappa shape index (κ3) is 4.48. The quantitative estimate of drug-likeness (QED) is 0.848. The fourth-order valence-electron chi connectivity index (χ4n) is 1.52. The summed E-state index contributed by atoms with van der Waals surface area (Å²) in [4.78, 5) is 13.8. The molecule has 1 N–H and O–H groups in total. The molecule has 0 radical (unpaired) electrons. The first kappa shape index (κ1) is 14.2. The summed E-state index contributed by atoms with van der Waals surface area (Å²) in [6.45, 7) is 2.79. The second-order valence-corrected chi connectivity index (χ2v) is 5.37. The Morgan fingerprint density at radius 3 is 2.65 bits per heavy atom. The van der Waals surface area contributed by atoms with Crippen molar-refractivity contribution in [3.05, 3.63) is 29.8 Å². The van der Waals surface area contributed by atoms with E-state index < -0.39 is 0 Å². The average molecular weight is 299 g/mol. The summed E-state index contributed by atoms with van der Waals surface area (Å²) in [5.74, 6) is 0.0127. The van der Waals surface area contributed by atoms with Crippen molar-refractivity contribution in [2.24, 2.45) is 0 Å². The molecule has 0 bridgehead atoms. The summed E-state index contributed by atoms with van der Waals surface area (Å²) in [6, 6.07) is 7.89. The number of para-hydroxylation sites is 1. The van der Waals surface area contributed by atoms with Crippen LogP contribution in [0.15, 0.2) is 24.3 Å². The predicted molar refractivity (Wildman–Crippen MR) is 75.5 cm³/mol. The minimum Gasteiger partial charge on any atom is -0.325 e. The Bertz CT molecular complexity index is 379. The molecule has 0 spiro atoms. The molecule has 0 aliphatic heterocycles. The van der Waals surface area contributed by atoms with Crippen molar-refractivity contribution in [1.29, 1.82) is 0 Å². The summed E-state index contributed by atoms with van der Waals surface area (Å²) in [6.07, 6.45) is 0.779. The minimum atomic E-state index is -0.130. The van der Waals surface area contributed by atoms with Gasteiger partial charge in [0.15, 0.2) is 0 Å². The number of carbonyl (C=O) groups is 1. The number of halogens is 1. The highest BCUT2D eigenvalue weighted by atomic mass is 79.9. The van der Waals surface area contributed by atoms with Crippen LogP contribution >= 0.6 is 15.9 Å². The van der Waals surface area contributed by atoms with Crippen LogP contribution in [-0.4, -0.2) is 29.7 Å². The number of carbonyl (C=O) groups excluding carboxylic acids is 1. The lowest BCUT2D eigenvalue weighted by atomic mass is 10.1. The van der Waals surface area contributed by atoms with E-state index in [1.54, 1.807) is 0 Å². The standard InChI is InChI=1S/C13H19BrN2O/c1-4-11(14)13(17)15-12-8-6-5-7-10(12)9-16(2)3/h5-8,11H,4,9H2,1-3H3,(H,15,17). The summed E-state index contributed by atoms with van der Waals surface area (Å²) >= 11 is 3.35. The van der Waals surface area contributed by atoms with Crippen molar-refractivity contribution in [1.82, 2.24) is 4.90 Å². The molecular formula is C13H19BrN2O. The highest BCUT2D eigenvalue weighted by molar-refractivity contribution is 9.10. The Morgan fingerprint density at radius 2 is 2.06 bits per heavy atom. The number of hydrogen-bond donors (Lipinski definition) is 1. The molecule has 0 aliphatic carbocycles. The van der Waals surface area contributed by atoms with Gasteiger partial charge in [0, 0.05) is 12.2 Å². The molecule has 0 aromatic heterocycles. The zero-order valence-corrected chi connectivity index (χ0v) is 12.1. The topological polar surface area (TPSA) is 32.3 Å². The van der Waals surface area contributed by atoms with Crippen molar-refractivity contribution >= 4 is 27.5 Å². The zero-order valence-electron chi connectivity index (χ0n) is 10.5. The number of nitrogens with zero attached hydrogens (tertiary/aromatic N) is 1. The van der Waals surface area contributed by atoms with Gasteiger partial charge in [-0.2, -0.15) is 0 Å². The number of hydrogen-bond acceptors (Lipinski definition) is 2. The van der Waals surface area contributed by atoms with Crippen molar-refractivity contribution in [3.63, 3.8) is 0 Å². The zero-order chi connectivity index (χ0) is 12.8. The molecule has 1 rings (SSSR count). The van der Waals surface area contributed by atoms with E-state index in [0.717, 1.165) is 24.2 Å². The Balaban J connectivity index is 2.79. The fraction of sp³-hybridized carbons (Fsp3) is 0.462. The first-order valence-corrected chi connectivity index (χ1v) is 6.63. The van der Waals surface area contributed by atoms with Crippen LogP contribution in [0, 0.1) is 0 Å². The number of nitrogens with one attached hydrogen (secondary N) is 1. The Labute approximate surface area is 111 Å². The summed E-state index contributed by atoms with van der Waals surface area (Å²) in [5, 5.41) is 2.95. The van der Waals surface area contributed by atoms with E-state index in [1.165, 1.54) is 0 Å². The third-order valence-corrected chi connectivity index (χ3v) is 3.47. The Kier molecular flexibility index (Phi) is 5.65. The van der Waals surface area contributed by atoms with Crippen molar-refractivity contribution in [2.75, 3.05) is 19.4 Å². The van der Waals surface area contributed by atoms with Crippen LogP contribution in [0.2, 0.25) is 0 Å². The summed E-state index contributed by atoms with van der Waals surface area (Å²) in [5.41, 5.74) is 2.02. The van der Waals surface area contributed by atoms with Gasteiger partial charge >= 0.3 is 0 Å². The van der Waals surface area contributed by atoms with Crippen molar-refractivity contribution in [2.45, 2.75) is 24.7 Å². The van der Waals surface area contributed by atoms with Gasteiger partial charge in [0.2, 0.25) is 5.91 Å². The van der Waals surface area contributed by atoms with E-state index in [0.29, 0.717) is 0 Å². The molecule has 1 aromatic rings. The predicted octanol–water partition coefficient (Wildman–Crippen LogP) is 2.86. The van der Waals surface area contributed by atoms with Gasteiger partial charge < -0.3 is 10.2 Å². The molecule has 0 saturated carbocycles. The maximum atomic E-state index is 11.8. The van der Waals surface area contributed by atoms with Crippen LogP contribution in [-0.2, 0) is 11.3 Å². The van der Waals surface area contributed by atoms with E-state index in [4.69, 9.17) is 0 Å². The van der Waals surface area contributed by atoms with Crippen LogP contribution in [0.3, 0.4) is 0 Å². The van der Waals surface area contributed by atoms with E-state index in [2.05, 4.69) is 26.1 Å². The minimum absolute atomic E-state index is 0.0127. The normalized spacial score (nSPS) is 12.5. The van der Waals surface area contributed by atoms with Gasteiger partial charge in [-0.15, -0.1) is 0 Å². The SMILES string of the molecule is CCC(Br)C(=O)Nc1ccccc1CN(C)C. The molecule has 0 heterocycles. The molecule has 0 saturated heterocycles. The summed E-state index contributed by atoms with van der Waals surface area (Å²) < 4.78 is 0. The van der Waals surface area contributed by atoms with E-state index in [9.17, 15) is 4.79 Å². The monoisotopic (exact) mass is 298 g/mol. The third-order valence-electron chi connectivity index (χ3n) is 2.40. The largest absolute Gasteiger partial charge is 0.325 e. The molecular weight excluding hydrogens is 280 g/mol. The molecule has 4 heteroatoms. The van der Waals surface area contributed by atoms with Crippen LogP contribution in [0.1, 0.15) is 18.9 Å². The highest BCUT2D eigenvalue weighted by Crippen LogP contribution is 2.18. The molecule has 1 unspecified atom stereocenters. The molecule has 17 heavy (non-hydrogen) atoms.